The van der Waals surface area contributed by atoms with E-state index in [0.29, 0.717) is 12.8 Å². The van der Waals surface area contributed by atoms with Crippen LogP contribution in [0.2, 0.25) is 0 Å². The lowest BCUT2D eigenvalue weighted by atomic mass is 10.2. The van der Waals surface area contributed by atoms with E-state index >= 15 is 0 Å². The van der Waals surface area contributed by atoms with Crippen LogP contribution in [0.3, 0.4) is 0 Å². The molecule has 0 bridgehead atoms. The van der Waals surface area contributed by atoms with E-state index in [9.17, 15) is 9.90 Å². The number of ether oxygens (including phenoxy) is 1. The molecule has 0 radical (unpaired) electrons. The smallest absolute Gasteiger partial charge is 0.334 e. The van der Waals surface area contributed by atoms with Crippen molar-refractivity contribution >= 4 is 5.97 Å². The van der Waals surface area contributed by atoms with Gasteiger partial charge in [0.05, 0.1) is 12.9 Å². The Hall–Kier alpha value is -1.29. The SMILES string of the molecule is CCOC(=O)C(O)CCc1ccco1. The van der Waals surface area contributed by atoms with Crippen molar-refractivity contribution in [2.24, 2.45) is 0 Å². The van der Waals surface area contributed by atoms with Gasteiger partial charge in [-0.25, -0.2) is 4.79 Å². The van der Waals surface area contributed by atoms with Gasteiger partial charge in [-0.2, -0.15) is 0 Å². The Morgan fingerprint density at radius 1 is 1.71 bits per heavy atom. The number of aliphatic hydroxyl groups is 1. The molecule has 78 valence electrons. The van der Waals surface area contributed by atoms with Crippen molar-refractivity contribution in [1.82, 2.24) is 0 Å². The number of aryl methyl sites for hydroxylation is 1. The lowest BCUT2D eigenvalue weighted by molar-refractivity contribution is -0.153. The first kappa shape index (κ1) is 10.8. The highest BCUT2D eigenvalue weighted by atomic mass is 16.5. The number of esters is 1. The summed E-state index contributed by atoms with van der Waals surface area (Å²) in [5, 5.41) is 9.33. The van der Waals surface area contributed by atoms with E-state index < -0.39 is 12.1 Å². The molecule has 4 heteroatoms. The number of rotatable bonds is 5. The van der Waals surface area contributed by atoms with Crippen molar-refractivity contribution < 1.29 is 19.1 Å². The molecule has 1 aromatic rings. The standard InChI is InChI=1S/C10H14O4/c1-2-13-10(12)9(11)6-5-8-4-3-7-14-8/h3-4,7,9,11H,2,5-6H2,1H3. The average molecular weight is 198 g/mol. The highest BCUT2D eigenvalue weighted by Crippen LogP contribution is 2.06. The van der Waals surface area contributed by atoms with Crippen LogP contribution >= 0.6 is 0 Å². The van der Waals surface area contributed by atoms with Gasteiger partial charge in [-0.15, -0.1) is 0 Å². The zero-order valence-electron chi connectivity index (χ0n) is 8.10. The number of hydrogen-bond acceptors (Lipinski definition) is 4. The molecule has 0 saturated carbocycles. The maximum atomic E-state index is 11.0. The lowest BCUT2D eigenvalue weighted by Gasteiger charge is -2.07. The van der Waals surface area contributed by atoms with Crippen LogP contribution in [0.5, 0.6) is 0 Å². The maximum Gasteiger partial charge on any atom is 0.334 e. The van der Waals surface area contributed by atoms with E-state index in [-0.39, 0.29) is 6.61 Å². The lowest BCUT2D eigenvalue weighted by Crippen LogP contribution is -2.23. The molecule has 1 N–H and O–H groups in total. The molecule has 0 aromatic carbocycles. The van der Waals surface area contributed by atoms with Crippen LogP contribution in [0, 0.1) is 0 Å². The zero-order chi connectivity index (χ0) is 10.4. The summed E-state index contributed by atoms with van der Waals surface area (Å²) in [5.74, 6) is 0.187. The van der Waals surface area contributed by atoms with Crippen LogP contribution in [0.25, 0.3) is 0 Å². The number of carbonyl (C=O) groups excluding carboxylic acids is 1. The van der Waals surface area contributed by atoms with Gasteiger partial charge in [0, 0.05) is 6.42 Å². The van der Waals surface area contributed by atoms with Gasteiger partial charge in [-0.3, -0.25) is 0 Å². The molecule has 1 atom stereocenters. The van der Waals surface area contributed by atoms with E-state index in [1.165, 1.54) is 0 Å². The summed E-state index contributed by atoms with van der Waals surface area (Å²) in [6.45, 7) is 1.99. The summed E-state index contributed by atoms with van der Waals surface area (Å²) < 4.78 is 9.71. The Morgan fingerprint density at radius 2 is 2.50 bits per heavy atom. The quantitative estimate of drug-likeness (QED) is 0.720. The Kier molecular flexibility index (Phi) is 4.19. The third-order valence-electron chi connectivity index (χ3n) is 1.80. The predicted octanol–water partition coefficient (Wildman–Crippen LogP) is 1.14. The van der Waals surface area contributed by atoms with Gasteiger partial charge >= 0.3 is 5.97 Å². The predicted molar refractivity (Wildman–Crippen MR) is 49.7 cm³/mol. The first-order valence-corrected chi connectivity index (χ1v) is 4.61. The van der Waals surface area contributed by atoms with Crippen LogP contribution in [0.15, 0.2) is 22.8 Å². The van der Waals surface area contributed by atoms with E-state index in [1.807, 2.05) is 0 Å². The molecule has 0 saturated heterocycles. The number of aliphatic hydroxyl groups excluding tert-OH is 1. The van der Waals surface area contributed by atoms with E-state index in [4.69, 9.17) is 4.42 Å². The van der Waals surface area contributed by atoms with Crippen LogP contribution in [0.4, 0.5) is 0 Å². The van der Waals surface area contributed by atoms with E-state index in [2.05, 4.69) is 4.74 Å². The van der Waals surface area contributed by atoms with Gasteiger partial charge in [0.2, 0.25) is 0 Å². The second-order valence-electron chi connectivity index (χ2n) is 2.89. The van der Waals surface area contributed by atoms with Gasteiger partial charge < -0.3 is 14.3 Å². The van der Waals surface area contributed by atoms with E-state index in [0.717, 1.165) is 5.76 Å². The summed E-state index contributed by atoms with van der Waals surface area (Å²) in [5.41, 5.74) is 0. The highest BCUT2D eigenvalue weighted by molar-refractivity contribution is 5.74. The third kappa shape index (κ3) is 3.22. The number of hydrogen-bond donors (Lipinski definition) is 1. The molecule has 4 nitrogen and oxygen atoms in total. The first-order valence-electron chi connectivity index (χ1n) is 4.61. The Labute approximate surface area is 82.5 Å². The first-order chi connectivity index (χ1) is 6.74. The minimum absolute atomic E-state index is 0.288. The highest BCUT2D eigenvalue weighted by Gasteiger charge is 2.16. The van der Waals surface area contributed by atoms with Crippen LogP contribution < -0.4 is 0 Å². The molecule has 0 aliphatic heterocycles. The molecular weight excluding hydrogens is 184 g/mol. The molecule has 1 rings (SSSR count). The van der Waals surface area contributed by atoms with Crippen LogP contribution in [-0.4, -0.2) is 23.8 Å². The van der Waals surface area contributed by atoms with Gasteiger partial charge in [-0.1, -0.05) is 0 Å². The molecule has 14 heavy (non-hydrogen) atoms. The molecule has 0 fully saturated rings. The molecule has 0 amide bonds. The molecule has 0 spiro atoms. The van der Waals surface area contributed by atoms with Crippen molar-refractivity contribution in [1.29, 1.82) is 0 Å². The summed E-state index contributed by atoms with van der Waals surface area (Å²) >= 11 is 0. The van der Waals surface area contributed by atoms with Gasteiger partial charge in [-0.05, 0) is 25.5 Å². The van der Waals surface area contributed by atoms with Crippen molar-refractivity contribution in [3.05, 3.63) is 24.2 Å². The molecule has 1 unspecified atom stereocenters. The molecule has 0 aliphatic carbocycles. The summed E-state index contributed by atoms with van der Waals surface area (Å²) in [6, 6.07) is 3.57. The largest absolute Gasteiger partial charge is 0.469 e. The number of carbonyl (C=O) groups is 1. The minimum Gasteiger partial charge on any atom is -0.469 e. The van der Waals surface area contributed by atoms with Gasteiger partial charge in [0.1, 0.15) is 5.76 Å². The fraction of sp³-hybridized carbons (Fsp3) is 0.500. The molecule has 0 aliphatic rings. The van der Waals surface area contributed by atoms with Crippen molar-refractivity contribution in [2.75, 3.05) is 6.61 Å². The topological polar surface area (TPSA) is 59.7 Å². The second kappa shape index (κ2) is 5.44. The van der Waals surface area contributed by atoms with Crippen LogP contribution in [0.1, 0.15) is 19.1 Å². The van der Waals surface area contributed by atoms with E-state index in [1.54, 1.807) is 25.3 Å². The third-order valence-corrected chi connectivity index (χ3v) is 1.80. The van der Waals surface area contributed by atoms with Gasteiger partial charge in [0.25, 0.3) is 0 Å². The van der Waals surface area contributed by atoms with Crippen molar-refractivity contribution in [3.8, 4) is 0 Å². The minimum atomic E-state index is -1.06. The molecule has 1 aromatic heterocycles. The van der Waals surface area contributed by atoms with Gasteiger partial charge in [0.15, 0.2) is 6.10 Å². The fourth-order valence-electron chi connectivity index (χ4n) is 1.09. The monoisotopic (exact) mass is 198 g/mol. The maximum absolute atomic E-state index is 11.0. The second-order valence-corrected chi connectivity index (χ2v) is 2.89. The average Bonchev–Trinajstić information content (AvgIpc) is 2.67. The van der Waals surface area contributed by atoms with Crippen molar-refractivity contribution in [3.63, 3.8) is 0 Å². The normalized spacial score (nSPS) is 12.4. The Balaban J connectivity index is 2.27. The fourth-order valence-corrected chi connectivity index (χ4v) is 1.09. The number of furan rings is 1. The zero-order valence-corrected chi connectivity index (χ0v) is 8.10. The van der Waals surface area contributed by atoms with Crippen molar-refractivity contribution in [2.45, 2.75) is 25.9 Å². The Morgan fingerprint density at radius 3 is 3.07 bits per heavy atom. The molecule has 1 heterocycles. The summed E-state index contributed by atoms with van der Waals surface area (Å²) in [7, 11) is 0. The molecular formula is C10H14O4. The van der Waals surface area contributed by atoms with Crippen LogP contribution in [-0.2, 0) is 16.0 Å². The Bertz CT molecular complexity index is 266. The summed E-state index contributed by atoms with van der Waals surface area (Å²) in [4.78, 5) is 11.0. The summed E-state index contributed by atoms with van der Waals surface area (Å²) in [6.07, 6.45) is 1.37.